The van der Waals surface area contributed by atoms with Gasteiger partial charge >= 0.3 is 0 Å². The summed E-state index contributed by atoms with van der Waals surface area (Å²) >= 11 is 0. The molecule has 1 atom stereocenters. The van der Waals surface area contributed by atoms with E-state index in [1.54, 1.807) is 19.2 Å². The van der Waals surface area contributed by atoms with Crippen molar-refractivity contribution < 1.29 is 14.0 Å². The topological polar surface area (TPSA) is 80.3 Å². The first-order valence-corrected chi connectivity index (χ1v) is 11.0. The Bertz CT molecular complexity index is 788. The molecule has 3 rings (SSSR count). The highest BCUT2D eigenvalue weighted by molar-refractivity contribution is 5.94. The van der Waals surface area contributed by atoms with Gasteiger partial charge in [0, 0.05) is 59.4 Å². The third kappa shape index (κ3) is 5.94. The summed E-state index contributed by atoms with van der Waals surface area (Å²) in [6, 6.07) is 5.83. The van der Waals surface area contributed by atoms with Gasteiger partial charge in [-0.25, -0.2) is 4.39 Å². The zero-order valence-corrected chi connectivity index (χ0v) is 18.4. The Morgan fingerprint density at radius 3 is 2.29 bits per heavy atom. The zero-order valence-electron chi connectivity index (χ0n) is 18.4. The van der Waals surface area contributed by atoms with Crippen LogP contribution in [0.4, 0.5) is 4.39 Å². The van der Waals surface area contributed by atoms with Crippen LogP contribution in [-0.4, -0.2) is 97.9 Å². The summed E-state index contributed by atoms with van der Waals surface area (Å²) < 4.78 is 13.7. The molecule has 2 aliphatic rings. The molecule has 31 heavy (non-hydrogen) atoms. The van der Waals surface area contributed by atoms with Crippen molar-refractivity contribution in [2.45, 2.75) is 25.8 Å². The van der Waals surface area contributed by atoms with Crippen molar-refractivity contribution in [3.05, 3.63) is 35.6 Å². The van der Waals surface area contributed by atoms with Crippen molar-refractivity contribution in [1.29, 1.82) is 0 Å². The highest BCUT2D eigenvalue weighted by atomic mass is 19.1. The molecule has 2 amide bonds. The van der Waals surface area contributed by atoms with Crippen molar-refractivity contribution in [2.75, 3.05) is 59.4 Å². The fraction of sp³-hybridized carbons (Fsp3) is 0.591. The molecule has 0 aromatic heterocycles. The van der Waals surface area contributed by atoms with Crippen LogP contribution in [0.25, 0.3) is 0 Å². The maximum Gasteiger partial charge on any atom is 0.254 e. The van der Waals surface area contributed by atoms with Crippen molar-refractivity contribution in [1.82, 2.24) is 25.3 Å². The molecule has 1 aromatic carbocycles. The number of hydrogen-bond donors (Lipinski definition) is 2. The largest absolute Gasteiger partial charge is 0.354 e. The molecule has 2 aliphatic heterocycles. The Morgan fingerprint density at radius 2 is 1.65 bits per heavy atom. The summed E-state index contributed by atoms with van der Waals surface area (Å²) in [4.78, 5) is 35.4. The molecule has 170 valence electrons. The van der Waals surface area contributed by atoms with E-state index in [1.165, 1.54) is 12.1 Å². The van der Waals surface area contributed by atoms with Gasteiger partial charge in [0.25, 0.3) is 5.91 Å². The number of guanidine groups is 1. The molecule has 0 radical (unpaired) electrons. The lowest BCUT2D eigenvalue weighted by Gasteiger charge is -2.39. The molecular formula is C22H33FN6O2. The number of piperazine rings is 1. The molecule has 1 unspecified atom stereocenters. The Hall–Kier alpha value is -2.68. The molecular weight excluding hydrogens is 399 g/mol. The highest BCUT2D eigenvalue weighted by Crippen LogP contribution is 2.14. The molecule has 0 bridgehead atoms. The first kappa shape index (κ1) is 23.0. The first-order chi connectivity index (χ1) is 15.0. The average Bonchev–Trinajstić information content (AvgIpc) is 3.33. The SMILES string of the molecule is CN=C(NCCNC(=O)c1ccccc1F)N1CCN(C(C)C(=O)N2CCCC2)CC1. The molecule has 2 N–H and O–H groups in total. The summed E-state index contributed by atoms with van der Waals surface area (Å²) in [5, 5.41) is 5.96. The summed E-state index contributed by atoms with van der Waals surface area (Å²) in [6.07, 6.45) is 2.21. The fourth-order valence-corrected chi connectivity index (χ4v) is 4.10. The molecule has 9 heteroatoms. The maximum atomic E-state index is 13.7. The minimum atomic E-state index is -0.529. The molecule has 2 heterocycles. The summed E-state index contributed by atoms with van der Waals surface area (Å²) in [5.74, 6) is 0.0385. The second kappa shape index (κ2) is 11.1. The minimum Gasteiger partial charge on any atom is -0.354 e. The van der Waals surface area contributed by atoms with Crippen LogP contribution in [0.3, 0.4) is 0 Å². The van der Waals surface area contributed by atoms with Crippen LogP contribution in [0.15, 0.2) is 29.3 Å². The Balaban J connectivity index is 1.39. The van der Waals surface area contributed by atoms with Crippen LogP contribution in [-0.2, 0) is 4.79 Å². The Kier molecular flexibility index (Phi) is 8.22. The lowest BCUT2D eigenvalue weighted by molar-refractivity contribution is -0.135. The molecule has 2 saturated heterocycles. The molecule has 0 saturated carbocycles. The molecule has 8 nitrogen and oxygen atoms in total. The number of carbonyl (C=O) groups excluding carboxylic acids is 2. The fourth-order valence-electron chi connectivity index (χ4n) is 4.10. The lowest BCUT2D eigenvalue weighted by Crippen LogP contribution is -2.57. The van der Waals surface area contributed by atoms with Gasteiger partial charge < -0.3 is 20.4 Å². The molecule has 2 fully saturated rings. The van der Waals surface area contributed by atoms with Crippen LogP contribution in [0.5, 0.6) is 0 Å². The van der Waals surface area contributed by atoms with Crippen LogP contribution in [0.1, 0.15) is 30.1 Å². The van der Waals surface area contributed by atoms with E-state index in [0.29, 0.717) is 13.1 Å². The zero-order chi connectivity index (χ0) is 22.2. The van der Waals surface area contributed by atoms with Crippen molar-refractivity contribution in [3.63, 3.8) is 0 Å². The van der Waals surface area contributed by atoms with Gasteiger partial charge in [-0.3, -0.25) is 19.5 Å². The highest BCUT2D eigenvalue weighted by Gasteiger charge is 2.30. The van der Waals surface area contributed by atoms with Gasteiger partial charge in [0.2, 0.25) is 5.91 Å². The van der Waals surface area contributed by atoms with Crippen molar-refractivity contribution in [2.24, 2.45) is 4.99 Å². The van der Waals surface area contributed by atoms with E-state index in [-0.39, 0.29) is 17.5 Å². The van der Waals surface area contributed by atoms with Gasteiger partial charge in [-0.05, 0) is 31.9 Å². The second-order valence-corrected chi connectivity index (χ2v) is 7.94. The number of likely N-dealkylation sites (tertiary alicyclic amines) is 1. The van der Waals surface area contributed by atoms with Gasteiger partial charge in [0.15, 0.2) is 5.96 Å². The first-order valence-electron chi connectivity index (χ1n) is 11.0. The third-order valence-corrected chi connectivity index (χ3v) is 5.96. The van der Waals surface area contributed by atoms with Crippen LogP contribution >= 0.6 is 0 Å². The van der Waals surface area contributed by atoms with Crippen LogP contribution in [0, 0.1) is 5.82 Å². The van der Waals surface area contributed by atoms with Gasteiger partial charge in [0.05, 0.1) is 11.6 Å². The van der Waals surface area contributed by atoms with Crippen LogP contribution < -0.4 is 10.6 Å². The predicted octanol–water partition coefficient (Wildman–Crippen LogP) is 0.759. The van der Waals surface area contributed by atoms with Gasteiger partial charge in [0.1, 0.15) is 5.82 Å². The lowest BCUT2D eigenvalue weighted by atomic mass is 10.2. The van der Waals surface area contributed by atoms with E-state index in [1.807, 2.05) is 11.8 Å². The number of rotatable bonds is 6. The average molecular weight is 433 g/mol. The molecule has 0 spiro atoms. The Morgan fingerprint density at radius 1 is 1.00 bits per heavy atom. The van der Waals surface area contributed by atoms with E-state index >= 15 is 0 Å². The number of halogens is 1. The summed E-state index contributed by atoms with van der Waals surface area (Å²) in [6.45, 7) is 7.75. The number of carbonyl (C=O) groups is 2. The maximum absolute atomic E-state index is 13.7. The quantitative estimate of drug-likeness (QED) is 0.394. The van der Waals surface area contributed by atoms with Gasteiger partial charge in [-0.15, -0.1) is 0 Å². The number of aliphatic imine (C=N–C) groups is 1. The minimum absolute atomic E-state index is 0.0422. The third-order valence-electron chi connectivity index (χ3n) is 5.96. The smallest absolute Gasteiger partial charge is 0.254 e. The van der Waals surface area contributed by atoms with Crippen molar-refractivity contribution in [3.8, 4) is 0 Å². The van der Waals surface area contributed by atoms with Gasteiger partial charge in [-0.1, -0.05) is 12.1 Å². The predicted molar refractivity (Wildman–Crippen MR) is 119 cm³/mol. The van der Waals surface area contributed by atoms with Crippen LogP contribution in [0.2, 0.25) is 0 Å². The number of amides is 2. The number of benzene rings is 1. The Labute approximate surface area is 183 Å². The van der Waals surface area contributed by atoms with E-state index in [0.717, 1.165) is 58.1 Å². The van der Waals surface area contributed by atoms with E-state index in [2.05, 4.69) is 25.4 Å². The van der Waals surface area contributed by atoms with E-state index in [9.17, 15) is 14.0 Å². The van der Waals surface area contributed by atoms with Gasteiger partial charge in [-0.2, -0.15) is 0 Å². The number of nitrogens with one attached hydrogen (secondary N) is 2. The monoisotopic (exact) mass is 432 g/mol. The second-order valence-electron chi connectivity index (χ2n) is 7.94. The summed E-state index contributed by atoms with van der Waals surface area (Å²) in [7, 11) is 1.73. The summed E-state index contributed by atoms with van der Waals surface area (Å²) in [5.41, 5.74) is 0.0422. The normalized spacial score (nSPS) is 18.7. The van der Waals surface area contributed by atoms with E-state index < -0.39 is 11.7 Å². The molecule has 0 aliphatic carbocycles. The number of nitrogens with zero attached hydrogens (tertiary/aromatic N) is 4. The number of hydrogen-bond acceptors (Lipinski definition) is 4. The van der Waals surface area contributed by atoms with Crippen molar-refractivity contribution >= 4 is 17.8 Å². The van der Waals surface area contributed by atoms with E-state index in [4.69, 9.17) is 0 Å². The molecule has 1 aromatic rings. The standard InChI is InChI=1S/C22H33FN6O2/c1-17(21(31)28-11-5-6-12-28)27-13-15-29(16-14-27)22(24-2)26-10-9-25-20(30)18-7-3-4-8-19(18)23/h3-4,7-8,17H,5-6,9-16H2,1-2H3,(H,24,26)(H,25,30).